The largest absolute Gasteiger partial charge is 0.467 e. The second-order valence-corrected chi connectivity index (χ2v) is 8.68. The molecule has 0 radical (unpaired) electrons. The van der Waals surface area contributed by atoms with Crippen molar-refractivity contribution in [3.63, 3.8) is 0 Å². The van der Waals surface area contributed by atoms with E-state index in [-0.39, 0.29) is 17.2 Å². The summed E-state index contributed by atoms with van der Waals surface area (Å²) in [6.07, 6.45) is -6.95. The molecule has 15 heteroatoms. The van der Waals surface area contributed by atoms with Crippen LogP contribution in [0.15, 0.2) is 0 Å². The Bertz CT molecular complexity index is 1040. The number of rotatable bonds is 6. The first-order chi connectivity index (χ1) is 15.1. The number of nitrogens with zero attached hydrogens (tertiary/aromatic N) is 7. The molecule has 2 aliphatic rings. The molecule has 1 saturated heterocycles. The zero-order valence-corrected chi connectivity index (χ0v) is 18.2. The molecule has 6 atom stereocenters. The molecule has 0 aliphatic carbocycles. The Labute approximate surface area is 186 Å². The van der Waals surface area contributed by atoms with Gasteiger partial charge in [-0.1, -0.05) is 11.6 Å². The molecule has 176 valence electrons. The summed E-state index contributed by atoms with van der Waals surface area (Å²) in [5, 5.41) is 69.2. The van der Waals surface area contributed by atoms with E-state index in [0.29, 0.717) is 11.3 Å². The van der Waals surface area contributed by atoms with Gasteiger partial charge in [-0.15, -0.1) is 14.8 Å². The highest BCUT2D eigenvalue weighted by Crippen LogP contribution is 2.54. The minimum atomic E-state index is -1.83. The van der Waals surface area contributed by atoms with Crippen LogP contribution in [0.4, 0.5) is 5.69 Å². The molecule has 0 spiro atoms. The standard InChI is InChI=1S/C17H24ClN7O7/c1-17(2)9-10(14(18)20-25-15(9)19-21-22-25)23-7(16(31)32-3)4-6(24(17)23)11(28)13(30)12(29)8(27)5-26/h6-8,11-13,26-30H,4-5H2,1-3H3/t6-,7-,8-,11-,12-,13-/m1/s1. The van der Waals surface area contributed by atoms with E-state index in [9.17, 15) is 25.2 Å². The molecule has 4 heterocycles. The van der Waals surface area contributed by atoms with E-state index in [2.05, 4.69) is 20.6 Å². The molecule has 0 saturated carbocycles. The molecule has 2 aromatic rings. The molecule has 4 rings (SSSR count). The van der Waals surface area contributed by atoms with Crippen LogP contribution in [0.25, 0.3) is 5.65 Å². The van der Waals surface area contributed by atoms with Crippen LogP contribution in [0.1, 0.15) is 25.8 Å². The molecule has 2 aliphatic heterocycles. The molecule has 0 unspecified atom stereocenters. The fourth-order valence-electron chi connectivity index (χ4n) is 4.69. The van der Waals surface area contributed by atoms with Crippen LogP contribution >= 0.6 is 11.6 Å². The molecule has 0 amide bonds. The number of carbonyl (C=O) groups excluding carboxylic acids is 1. The van der Waals surface area contributed by atoms with Crippen molar-refractivity contribution in [3.05, 3.63) is 10.7 Å². The Morgan fingerprint density at radius 3 is 2.59 bits per heavy atom. The number of tetrazole rings is 1. The van der Waals surface area contributed by atoms with Gasteiger partial charge in [0.05, 0.1) is 37.0 Å². The van der Waals surface area contributed by atoms with Crippen molar-refractivity contribution >= 4 is 28.9 Å². The highest BCUT2D eigenvalue weighted by atomic mass is 35.5. The molecule has 32 heavy (non-hydrogen) atoms. The van der Waals surface area contributed by atoms with Crippen LogP contribution in [-0.2, 0) is 15.1 Å². The van der Waals surface area contributed by atoms with Crippen LogP contribution < -0.4 is 5.01 Å². The summed E-state index contributed by atoms with van der Waals surface area (Å²) in [4.78, 5) is 12.7. The third kappa shape index (κ3) is 3.14. The first-order valence-corrected chi connectivity index (χ1v) is 10.2. The van der Waals surface area contributed by atoms with Gasteiger partial charge in [-0.2, -0.15) is 0 Å². The van der Waals surface area contributed by atoms with Crippen molar-refractivity contribution < 1.29 is 35.1 Å². The predicted octanol–water partition coefficient (Wildman–Crippen LogP) is -2.81. The zero-order valence-electron chi connectivity index (χ0n) is 17.4. The Morgan fingerprint density at radius 1 is 1.28 bits per heavy atom. The number of aliphatic hydroxyl groups excluding tert-OH is 5. The Balaban J connectivity index is 1.84. The van der Waals surface area contributed by atoms with Gasteiger partial charge in [-0.25, -0.2) is 9.80 Å². The number of hydrazine groups is 1. The van der Waals surface area contributed by atoms with E-state index in [1.54, 1.807) is 23.9 Å². The summed E-state index contributed by atoms with van der Waals surface area (Å²) in [7, 11) is 1.22. The lowest BCUT2D eigenvalue weighted by molar-refractivity contribution is -0.142. The van der Waals surface area contributed by atoms with Gasteiger partial charge in [0.25, 0.3) is 0 Å². The van der Waals surface area contributed by atoms with Gasteiger partial charge in [-0.3, -0.25) is 5.01 Å². The number of ether oxygens (including phenoxy) is 1. The Kier molecular flexibility index (Phi) is 5.73. The van der Waals surface area contributed by atoms with Crippen molar-refractivity contribution in [1.29, 1.82) is 0 Å². The van der Waals surface area contributed by atoms with E-state index in [1.807, 2.05) is 0 Å². The second kappa shape index (κ2) is 7.98. The van der Waals surface area contributed by atoms with Gasteiger partial charge in [0.1, 0.15) is 30.0 Å². The van der Waals surface area contributed by atoms with E-state index in [0.717, 1.165) is 4.63 Å². The first kappa shape index (κ1) is 23.0. The Morgan fingerprint density at radius 2 is 1.97 bits per heavy atom. The van der Waals surface area contributed by atoms with Crippen molar-refractivity contribution in [1.82, 2.24) is 30.3 Å². The van der Waals surface area contributed by atoms with E-state index >= 15 is 0 Å². The molecule has 0 aromatic carbocycles. The molecular formula is C17H24ClN7O7. The third-order valence-corrected chi connectivity index (χ3v) is 6.42. The molecule has 14 nitrogen and oxygen atoms in total. The normalized spacial score (nSPS) is 26.0. The third-order valence-electron chi connectivity index (χ3n) is 6.16. The summed E-state index contributed by atoms with van der Waals surface area (Å²) in [6, 6.07) is -1.87. The van der Waals surface area contributed by atoms with Crippen molar-refractivity contribution in [2.45, 2.75) is 62.3 Å². The van der Waals surface area contributed by atoms with Crippen LogP contribution in [0.2, 0.25) is 5.15 Å². The number of methoxy groups -OCH3 is 1. The fourth-order valence-corrected chi connectivity index (χ4v) is 4.95. The van der Waals surface area contributed by atoms with Crippen molar-refractivity contribution in [2.75, 3.05) is 18.7 Å². The lowest BCUT2D eigenvalue weighted by Crippen LogP contribution is -2.57. The van der Waals surface area contributed by atoms with Gasteiger partial charge in [-0.05, 0) is 24.3 Å². The fraction of sp³-hybridized carbons (Fsp3) is 0.706. The second-order valence-electron chi connectivity index (χ2n) is 8.32. The van der Waals surface area contributed by atoms with Crippen LogP contribution in [0.5, 0.6) is 0 Å². The highest BCUT2D eigenvalue weighted by Gasteiger charge is 2.60. The number of carbonyl (C=O) groups is 1. The summed E-state index contributed by atoms with van der Waals surface area (Å²) in [5.41, 5.74) is 0.234. The minimum Gasteiger partial charge on any atom is -0.467 e. The molecule has 0 bridgehead atoms. The number of halogens is 1. The lowest BCUT2D eigenvalue weighted by Gasteiger charge is -2.40. The van der Waals surface area contributed by atoms with E-state index in [4.69, 9.17) is 21.4 Å². The average Bonchev–Trinajstić information content (AvgIpc) is 3.44. The number of aromatic nitrogens is 5. The summed E-state index contributed by atoms with van der Waals surface area (Å²) >= 11 is 6.45. The van der Waals surface area contributed by atoms with Crippen molar-refractivity contribution in [2.24, 2.45) is 0 Å². The summed E-state index contributed by atoms with van der Waals surface area (Å²) in [6.45, 7) is 2.77. The minimum absolute atomic E-state index is 0.00214. The van der Waals surface area contributed by atoms with Crippen LogP contribution in [0.3, 0.4) is 0 Å². The Hall–Kier alpha value is -2.20. The van der Waals surface area contributed by atoms with Gasteiger partial charge in [0.2, 0.25) is 5.65 Å². The maximum atomic E-state index is 12.7. The number of anilines is 1. The lowest BCUT2D eigenvalue weighted by atomic mass is 9.89. The van der Waals surface area contributed by atoms with Gasteiger partial charge < -0.3 is 30.3 Å². The molecule has 2 aromatic heterocycles. The number of hydrogen-bond acceptors (Lipinski definition) is 13. The van der Waals surface area contributed by atoms with Crippen LogP contribution in [-0.4, -0.2) is 112 Å². The smallest absolute Gasteiger partial charge is 0.330 e. The molecule has 5 N–H and O–H groups in total. The first-order valence-electron chi connectivity index (χ1n) is 9.84. The quantitative estimate of drug-likeness (QED) is 0.270. The van der Waals surface area contributed by atoms with Gasteiger partial charge >= 0.3 is 5.97 Å². The van der Waals surface area contributed by atoms with E-state index in [1.165, 1.54) is 7.11 Å². The maximum Gasteiger partial charge on any atom is 0.330 e. The topological polar surface area (TPSA) is 190 Å². The predicted molar refractivity (Wildman–Crippen MR) is 106 cm³/mol. The van der Waals surface area contributed by atoms with Gasteiger partial charge in [0, 0.05) is 6.42 Å². The maximum absolute atomic E-state index is 12.7. The highest BCUT2D eigenvalue weighted by molar-refractivity contribution is 6.32. The number of fused-ring (bicyclic) bond motifs is 5. The summed E-state index contributed by atoms with van der Waals surface area (Å²) < 4.78 is 6.10. The van der Waals surface area contributed by atoms with Crippen LogP contribution in [0, 0.1) is 0 Å². The number of esters is 1. The average molecular weight is 474 g/mol. The zero-order chi connectivity index (χ0) is 23.5. The number of hydrogen-bond donors (Lipinski definition) is 5. The van der Waals surface area contributed by atoms with E-state index < -0.39 is 54.6 Å². The monoisotopic (exact) mass is 473 g/mol. The van der Waals surface area contributed by atoms with Crippen molar-refractivity contribution in [3.8, 4) is 0 Å². The van der Waals surface area contributed by atoms with Gasteiger partial charge in [0.15, 0.2) is 5.15 Å². The SMILES string of the molecule is COC(=O)[C@H]1C[C@H]([C@@H](O)[C@@H](O)[C@H](O)[C@H](O)CO)N2N1c1c(Cl)nn3nnnc3c1C2(C)C. The summed E-state index contributed by atoms with van der Waals surface area (Å²) in [5.74, 6) is -0.616. The molecular weight excluding hydrogens is 450 g/mol. The molecule has 1 fully saturated rings. The number of aliphatic hydroxyl groups is 5.